The van der Waals surface area contributed by atoms with E-state index in [9.17, 15) is 4.79 Å². The Hall–Kier alpha value is -2.19. The Bertz CT molecular complexity index is 519. The molecule has 0 bridgehead atoms. The van der Waals surface area contributed by atoms with Crippen LogP contribution >= 0.6 is 0 Å². The Morgan fingerprint density at radius 3 is 1.80 bits per heavy atom. The first-order chi connectivity index (χ1) is 12.3. The molecule has 0 aromatic carbocycles. The van der Waals surface area contributed by atoms with Gasteiger partial charge in [0.15, 0.2) is 0 Å². The van der Waals surface area contributed by atoms with E-state index in [-0.39, 0.29) is 11.8 Å². The maximum atomic E-state index is 11.2. The predicted octanol–water partition coefficient (Wildman–Crippen LogP) is 2.44. The van der Waals surface area contributed by atoms with E-state index < -0.39 is 5.97 Å². The first-order valence-corrected chi connectivity index (χ1v) is 8.70. The van der Waals surface area contributed by atoms with Gasteiger partial charge in [-0.15, -0.1) is 0 Å². The van der Waals surface area contributed by atoms with Crippen LogP contribution in [0, 0.1) is 0 Å². The third kappa shape index (κ3) is 10.3. The lowest BCUT2D eigenvalue weighted by molar-refractivity contribution is 0.0709. The molecule has 0 aliphatic rings. The molecule has 2 aromatic rings. The predicted molar refractivity (Wildman–Crippen MR) is 93.2 cm³/mol. The highest BCUT2D eigenvalue weighted by Crippen LogP contribution is 2.07. The van der Waals surface area contributed by atoms with Gasteiger partial charge < -0.3 is 24.9 Å². The van der Waals surface area contributed by atoms with Crippen LogP contribution in [-0.4, -0.2) is 49.3 Å². The number of carbonyl (C=O) groups is 1. The lowest BCUT2D eigenvalue weighted by Gasteiger charge is -1.99. The van der Waals surface area contributed by atoms with Crippen LogP contribution < -0.4 is 4.74 Å². The molecular weight excluding hydrogens is 324 g/mol. The number of unbranched alkanes of at least 4 members (excludes halogenated alkanes) is 7. The van der Waals surface area contributed by atoms with Gasteiger partial charge in [0.25, 0.3) is 0 Å². The molecule has 0 aliphatic carbocycles. The second-order valence-corrected chi connectivity index (χ2v) is 5.50. The van der Waals surface area contributed by atoms with Crippen LogP contribution in [0.4, 0.5) is 0 Å². The largest absolute Gasteiger partial charge is 0.396 e. The van der Waals surface area contributed by atoms with Crippen LogP contribution in [0.2, 0.25) is 0 Å². The van der Waals surface area contributed by atoms with Crippen molar-refractivity contribution in [2.45, 2.75) is 51.4 Å². The van der Waals surface area contributed by atoms with Crippen molar-refractivity contribution in [2.75, 3.05) is 13.2 Å². The number of hydrogen-bond donors (Lipinski definition) is 4. The molecule has 0 amide bonds. The molecule has 0 spiro atoms. The lowest BCUT2D eigenvalue weighted by atomic mass is 10.1. The number of ether oxygens (including phenoxy) is 1. The fourth-order valence-corrected chi connectivity index (χ4v) is 2.10. The molecule has 0 saturated carbocycles. The van der Waals surface area contributed by atoms with Gasteiger partial charge in [0.2, 0.25) is 5.82 Å². The van der Waals surface area contributed by atoms with Crippen LogP contribution in [0.25, 0.3) is 0 Å². The summed E-state index contributed by atoms with van der Waals surface area (Å²) >= 11 is 0. The van der Waals surface area contributed by atoms with Gasteiger partial charge in [0.05, 0.1) is 0 Å². The normalized spacial score (nSPS) is 10.2. The van der Waals surface area contributed by atoms with Crippen LogP contribution in [0.5, 0.6) is 6.01 Å². The van der Waals surface area contributed by atoms with Crippen LogP contribution in [0.3, 0.4) is 0 Å². The molecule has 4 N–H and O–H groups in total. The minimum absolute atomic E-state index is 0.149. The first-order valence-electron chi connectivity index (χ1n) is 8.70. The van der Waals surface area contributed by atoms with E-state index in [4.69, 9.17) is 14.9 Å². The Balaban J connectivity index is 0.000000252. The van der Waals surface area contributed by atoms with Crippen molar-refractivity contribution in [2.24, 2.45) is 0 Å². The van der Waals surface area contributed by atoms with E-state index in [2.05, 4.69) is 19.9 Å². The third-order valence-corrected chi connectivity index (χ3v) is 3.42. The maximum absolute atomic E-state index is 11.2. The van der Waals surface area contributed by atoms with E-state index in [1.54, 1.807) is 12.4 Å². The van der Waals surface area contributed by atoms with Crippen molar-refractivity contribution >= 4 is 5.97 Å². The van der Waals surface area contributed by atoms with Crippen molar-refractivity contribution in [1.82, 2.24) is 19.9 Å². The molecule has 2 heterocycles. The molecule has 2 rings (SSSR count). The Labute approximate surface area is 147 Å². The van der Waals surface area contributed by atoms with Crippen molar-refractivity contribution in [1.29, 1.82) is 0 Å². The summed E-state index contributed by atoms with van der Waals surface area (Å²) in [6, 6.07) is 0.154. The summed E-state index contributed by atoms with van der Waals surface area (Å²) < 4.78 is 4.80. The second kappa shape index (κ2) is 14.2. The molecule has 140 valence electrons. The van der Waals surface area contributed by atoms with Crippen molar-refractivity contribution in [3.05, 3.63) is 30.6 Å². The summed E-state index contributed by atoms with van der Waals surface area (Å²) in [7, 11) is 0. The number of esters is 1. The van der Waals surface area contributed by atoms with E-state index in [1.807, 2.05) is 0 Å². The minimum Gasteiger partial charge on any atom is -0.396 e. The minimum atomic E-state index is -0.569. The Morgan fingerprint density at radius 1 is 0.840 bits per heavy atom. The van der Waals surface area contributed by atoms with E-state index in [1.165, 1.54) is 38.1 Å². The van der Waals surface area contributed by atoms with Crippen LogP contribution in [0.15, 0.2) is 24.8 Å². The number of aliphatic hydroxyl groups is 2. The van der Waals surface area contributed by atoms with Crippen molar-refractivity contribution < 1.29 is 19.7 Å². The molecule has 0 unspecified atom stereocenters. The number of nitrogens with one attached hydrogen (secondary N) is 2. The number of aromatic amines is 2. The number of carbonyl (C=O) groups excluding carboxylic acids is 1. The zero-order valence-electron chi connectivity index (χ0n) is 14.5. The Kier molecular flexibility index (Phi) is 11.8. The fraction of sp³-hybridized carbons (Fsp3) is 0.588. The van der Waals surface area contributed by atoms with Gasteiger partial charge in [-0.3, -0.25) is 0 Å². The summed E-state index contributed by atoms with van der Waals surface area (Å²) in [6.45, 7) is 0.676. The van der Waals surface area contributed by atoms with E-state index in [0.717, 1.165) is 25.7 Å². The standard InChI is InChI=1S/C10H22O2.C7H6N4O2/c11-9-7-5-3-1-2-4-6-8-10-12;12-6(5-8-1-2-9-5)13-7-10-3-4-11-7/h11-12H,1-10H2;1-4H,(H,8,9)(H,10,11). The molecule has 8 nitrogen and oxygen atoms in total. The van der Waals surface area contributed by atoms with Crippen molar-refractivity contribution in [3.63, 3.8) is 0 Å². The molecule has 25 heavy (non-hydrogen) atoms. The number of nitrogens with zero attached hydrogens (tertiary/aromatic N) is 2. The zero-order chi connectivity index (χ0) is 18.2. The third-order valence-electron chi connectivity index (χ3n) is 3.42. The molecule has 2 aromatic heterocycles. The van der Waals surface area contributed by atoms with Gasteiger partial charge in [-0.25, -0.2) is 14.8 Å². The summed E-state index contributed by atoms with van der Waals surface area (Å²) in [5, 5.41) is 17.0. The van der Waals surface area contributed by atoms with Crippen molar-refractivity contribution in [3.8, 4) is 6.01 Å². The smallest absolute Gasteiger partial charge is 0.382 e. The number of hydrogen-bond acceptors (Lipinski definition) is 6. The monoisotopic (exact) mass is 352 g/mol. The SMILES string of the molecule is O=C(Oc1ncc[nH]1)c1ncc[nH]1.OCCCCCCCCCCO. The fourth-order valence-electron chi connectivity index (χ4n) is 2.10. The average molecular weight is 352 g/mol. The Morgan fingerprint density at radius 2 is 1.36 bits per heavy atom. The number of aromatic nitrogens is 4. The van der Waals surface area contributed by atoms with Crippen LogP contribution in [0.1, 0.15) is 62.0 Å². The number of H-pyrrole nitrogens is 2. The highest BCUT2D eigenvalue weighted by molar-refractivity contribution is 5.86. The van der Waals surface area contributed by atoms with Gasteiger partial charge in [-0.1, -0.05) is 38.5 Å². The summed E-state index contributed by atoms with van der Waals surface area (Å²) in [5.41, 5.74) is 0. The topological polar surface area (TPSA) is 124 Å². The maximum Gasteiger partial charge on any atom is 0.382 e. The van der Waals surface area contributed by atoms with Gasteiger partial charge >= 0.3 is 12.0 Å². The quantitative estimate of drug-likeness (QED) is 0.364. The van der Waals surface area contributed by atoms with E-state index in [0.29, 0.717) is 13.2 Å². The number of aliphatic hydroxyl groups excluding tert-OH is 2. The van der Waals surface area contributed by atoms with Gasteiger partial charge in [-0.2, -0.15) is 0 Å². The summed E-state index contributed by atoms with van der Waals surface area (Å²) in [5.74, 6) is -0.420. The average Bonchev–Trinajstić information content (AvgIpc) is 3.31. The molecule has 0 aliphatic heterocycles. The molecule has 0 fully saturated rings. The molecule has 0 atom stereocenters. The first kappa shape index (κ1) is 20.9. The van der Waals surface area contributed by atoms with Crippen LogP contribution in [-0.2, 0) is 0 Å². The molecule has 8 heteroatoms. The highest BCUT2D eigenvalue weighted by atomic mass is 16.5. The molecular formula is C17H28N4O4. The van der Waals surface area contributed by atoms with Gasteiger partial charge in [0.1, 0.15) is 0 Å². The molecule has 0 radical (unpaired) electrons. The highest BCUT2D eigenvalue weighted by Gasteiger charge is 2.11. The summed E-state index contributed by atoms with van der Waals surface area (Å²) in [6.07, 6.45) is 15.4. The zero-order valence-corrected chi connectivity index (χ0v) is 14.5. The second-order valence-electron chi connectivity index (χ2n) is 5.50. The number of rotatable bonds is 11. The lowest BCUT2D eigenvalue weighted by Crippen LogP contribution is -2.11. The summed E-state index contributed by atoms with van der Waals surface area (Å²) in [4.78, 5) is 23.9. The molecule has 0 saturated heterocycles. The van der Waals surface area contributed by atoms with Gasteiger partial charge in [-0.05, 0) is 12.8 Å². The van der Waals surface area contributed by atoms with Gasteiger partial charge in [0, 0.05) is 38.0 Å². The van der Waals surface area contributed by atoms with E-state index >= 15 is 0 Å². The number of imidazole rings is 2.